The number of carbonyl (C=O) groups excluding carboxylic acids is 2. The molecule has 1 aromatic rings. The van der Waals surface area contributed by atoms with Crippen LogP contribution in [0, 0.1) is 6.92 Å². The van der Waals surface area contributed by atoms with E-state index >= 15 is 0 Å². The van der Waals surface area contributed by atoms with Gasteiger partial charge in [-0.25, -0.2) is 4.79 Å². The van der Waals surface area contributed by atoms with Gasteiger partial charge in [-0.2, -0.15) is 13.2 Å². The largest absolute Gasteiger partial charge is 0.471 e. The van der Waals surface area contributed by atoms with E-state index in [0.29, 0.717) is 5.56 Å². The van der Waals surface area contributed by atoms with Crippen LogP contribution in [0.1, 0.15) is 31.9 Å². The van der Waals surface area contributed by atoms with Crippen LogP contribution in [0.5, 0.6) is 0 Å². The predicted octanol–water partition coefficient (Wildman–Crippen LogP) is 2.93. The van der Waals surface area contributed by atoms with Gasteiger partial charge in [-0.05, 0) is 38.8 Å². The Morgan fingerprint density at radius 2 is 1.74 bits per heavy atom. The van der Waals surface area contributed by atoms with Crippen molar-refractivity contribution in [3.8, 4) is 0 Å². The van der Waals surface area contributed by atoms with E-state index in [1.54, 1.807) is 57.3 Å². The number of carbonyl (C=O) groups is 2. The first-order valence-corrected chi connectivity index (χ1v) is 7.05. The lowest BCUT2D eigenvalue weighted by atomic mass is 10.0. The van der Waals surface area contributed by atoms with Crippen LogP contribution in [-0.2, 0) is 20.7 Å². The number of benzene rings is 1. The molecule has 7 heteroatoms. The van der Waals surface area contributed by atoms with Crippen LogP contribution in [0.15, 0.2) is 24.3 Å². The SMILES string of the molecule is Cc1ccccc1C[C@@H](NC(=O)C(F)(F)F)C(=O)OC(C)(C)C. The van der Waals surface area contributed by atoms with Gasteiger partial charge < -0.3 is 10.1 Å². The molecule has 1 N–H and O–H groups in total. The van der Waals surface area contributed by atoms with Crippen molar-refractivity contribution >= 4 is 11.9 Å². The smallest absolute Gasteiger partial charge is 0.458 e. The Labute approximate surface area is 133 Å². The number of amides is 1. The van der Waals surface area contributed by atoms with Crippen LogP contribution in [-0.4, -0.2) is 29.7 Å². The van der Waals surface area contributed by atoms with Crippen molar-refractivity contribution in [3.05, 3.63) is 35.4 Å². The molecule has 0 aliphatic rings. The molecule has 1 amide bonds. The highest BCUT2D eigenvalue weighted by molar-refractivity contribution is 5.87. The molecule has 4 nitrogen and oxygen atoms in total. The monoisotopic (exact) mass is 331 g/mol. The number of alkyl halides is 3. The minimum absolute atomic E-state index is 0.0800. The molecule has 1 rings (SSSR count). The molecule has 0 aliphatic carbocycles. The van der Waals surface area contributed by atoms with Gasteiger partial charge in [0, 0.05) is 6.42 Å². The van der Waals surface area contributed by atoms with Crippen molar-refractivity contribution < 1.29 is 27.5 Å². The molecule has 23 heavy (non-hydrogen) atoms. The molecular formula is C16H20F3NO3. The maximum Gasteiger partial charge on any atom is 0.471 e. The molecule has 0 aromatic heterocycles. The average molecular weight is 331 g/mol. The zero-order valence-electron chi connectivity index (χ0n) is 13.5. The Hall–Kier alpha value is -2.05. The van der Waals surface area contributed by atoms with Crippen LogP contribution in [0.4, 0.5) is 13.2 Å². The zero-order valence-corrected chi connectivity index (χ0v) is 13.5. The van der Waals surface area contributed by atoms with Gasteiger partial charge in [-0.3, -0.25) is 4.79 Å². The van der Waals surface area contributed by atoms with Crippen LogP contribution >= 0.6 is 0 Å². The van der Waals surface area contributed by atoms with Gasteiger partial charge in [-0.1, -0.05) is 24.3 Å². The summed E-state index contributed by atoms with van der Waals surface area (Å²) in [6, 6.07) is 5.53. The summed E-state index contributed by atoms with van der Waals surface area (Å²) in [5, 5.41) is 1.72. The Morgan fingerprint density at radius 3 is 2.22 bits per heavy atom. The fourth-order valence-corrected chi connectivity index (χ4v) is 1.87. The standard InChI is InChI=1S/C16H20F3NO3/c1-10-7-5-6-8-11(10)9-12(13(21)23-15(2,3)4)20-14(22)16(17,18)19/h5-8,12H,9H2,1-4H3,(H,20,22)/t12-/m1/s1. The summed E-state index contributed by atoms with van der Waals surface area (Å²) in [7, 11) is 0. The summed E-state index contributed by atoms with van der Waals surface area (Å²) in [4.78, 5) is 23.3. The number of ether oxygens (including phenoxy) is 1. The highest BCUT2D eigenvalue weighted by Gasteiger charge is 2.41. The van der Waals surface area contributed by atoms with Crippen molar-refractivity contribution in [1.82, 2.24) is 5.32 Å². The quantitative estimate of drug-likeness (QED) is 0.863. The third-order valence-corrected chi connectivity index (χ3v) is 2.94. The molecule has 0 saturated carbocycles. The summed E-state index contributed by atoms with van der Waals surface area (Å²) in [6.45, 7) is 6.57. The van der Waals surface area contributed by atoms with Gasteiger partial charge >= 0.3 is 18.1 Å². The van der Waals surface area contributed by atoms with Crippen molar-refractivity contribution in [3.63, 3.8) is 0 Å². The third kappa shape index (κ3) is 6.30. The fourth-order valence-electron chi connectivity index (χ4n) is 1.87. The Morgan fingerprint density at radius 1 is 1.17 bits per heavy atom. The highest BCUT2D eigenvalue weighted by atomic mass is 19.4. The molecule has 0 saturated heterocycles. The first-order valence-electron chi connectivity index (χ1n) is 7.05. The Balaban J connectivity index is 2.99. The van der Waals surface area contributed by atoms with Gasteiger partial charge in [-0.15, -0.1) is 0 Å². The third-order valence-electron chi connectivity index (χ3n) is 2.94. The summed E-state index contributed by atoms with van der Waals surface area (Å²) >= 11 is 0. The summed E-state index contributed by atoms with van der Waals surface area (Å²) in [5.74, 6) is -3.07. The number of halogens is 3. The molecule has 128 valence electrons. The summed E-state index contributed by atoms with van der Waals surface area (Å²) in [5.41, 5.74) is 0.595. The van der Waals surface area contributed by atoms with Crippen molar-refractivity contribution in [2.24, 2.45) is 0 Å². The second kappa shape index (κ2) is 7.02. The first-order chi connectivity index (χ1) is 10.4. The molecule has 0 spiro atoms. The fraction of sp³-hybridized carbons (Fsp3) is 0.500. The molecule has 0 bridgehead atoms. The predicted molar refractivity (Wildman–Crippen MR) is 78.7 cm³/mol. The van der Waals surface area contributed by atoms with Gasteiger partial charge in [0.05, 0.1) is 0 Å². The van der Waals surface area contributed by atoms with Gasteiger partial charge in [0.2, 0.25) is 0 Å². The molecule has 0 radical (unpaired) electrons. The lowest BCUT2D eigenvalue weighted by Gasteiger charge is -2.25. The van der Waals surface area contributed by atoms with E-state index in [0.717, 1.165) is 5.56 Å². The maximum atomic E-state index is 12.5. The van der Waals surface area contributed by atoms with Crippen LogP contribution in [0.2, 0.25) is 0 Å². The molecule has 1 aromatic carbocycles. The van der Waals surface area contributed by atoms with Crippen LogP contribution < -0.4 is 5.32 Å². The minimum atomic E-state index is -5.06. The second-order valence-corrected chi connectivity index (χ2v) is 6.19. The van der Waals surface area contributed by atoms with E-state index in [1.807, 2.05) is 0 Å². The lowest BCUT2D eigenvalue weighted by Crippen LogP contribution is -2.49. The first kappa shape index (κ1) is 19.0. The number of esters is 1. The second-order valence-electron chi connectivity index (χ2n) is 6.19. The number of rotatable bonds is 4. The maximum absolute atomic E-state index is 12.5. The number of hydrogen-bond donors (Lipinski definition) is 1. The van der Waals surface area contributed by atoms with Gasteiger partial charge in [0.25, 0.3) is 0 Å². The van der Waals surface area contributed by atoms with Crippen LogP contribution in [0.3, 0.4) is 0 Å². The van der Waals surface area contributed by atoms with E-state index in [1.165, 1.54) is 0 Å². The van der Waals surface area contributed by atoms with Crippen LogP contribution in [0.25, 0.3) is 0 Å². The van der Waals surface area contributed by atoms with Crippen molar-refractivity contribution in [1.29, 1.82) is 0 Å². The summed E-state index contributed by atoms with van der Waals surface area (Å²) < 4.78 is 42.5. The molecule has 0 heterocycles. The molecule has 0 unspecified atom stereocenters. The number of nitrogens with one attached hydrogen (secondary N) is 1. The van der Waals surface area contributed by atoms with Crippen molar-refractivity contribution in [2.75, 3.05) is 0 Å². The van der Waals surface area contributed by atoms with E-state index in [2.05, 4.69) is 0 Å². The van der Waals surface area contributed by atoms with E-state index in [9.17, 15) is 22.8 Å². The topological polar surface area (TPSA) is 55.4 Å². The van der Waals surface area contributed by atoms with E-state index in [-0.39, 0.29) is 6.42 Å². The normalized spacial score (nSPS) is 13.3. The Bertz CT molecular complexity index is 577. The highest BCUT2D eigenvalue weighted by Crippen LogP contribution is 2.18. The Kier molecular flexibility index (Phi) is 5.80. The molecule has 0 aliphatic heterocycles. The van der Waals surface area contributed by atoms with E-state index < -0.39 is 29.7 Å². The molecule has 1 atom stereocenters. The van der Waals surface area contributed by atoms with Gasteiger partial charge in [0.1, 0.15) is 11.6 Å². The average Bonchev–Trinajstić information content (AvgIpc) is 2.37. The number of aryl methyl sites for hydroxylation is 1. The molecular weight excluding hydrogens is 311 g/mol. The molecule has 0 fully saturated rings. The van der Waals surface area contributed by atoms with E-state index in [4.69, 9.17) is 4.74 Å². The number of hydrogen-bond acceptors (Lipinski definition) is 3. The summed E-state index contributed by atoms with van der Waals surface area (Å²) in [6.07, 6.45) is -5.14. The van der Waals surface area contributed by atoms with Gasteiger partial charge in [0.15, 0.2) is 0 Å². The minimum Gasteiger partial charge on any atom is -0.458 e. The zero-order chi connectivity index (χ0) is 17.8. The lowest BCUT2D eigenvalue weighted by molar-refractivity contribution is -0.177. The van der Waals surface area contributed by atoms with Crippen molar-refractivity contribution in [2.45, 2.75) is 51.9 Å².